The lowest BCUT2D eigenvalue weighted by atomic mass is 10.1. The molecule has 2 atom stereocenters. The third-order valence-corrected chi connectivity index (χ3v) is 2.78. The van der Waals surface area contributed by atoms with E-state index in [9.17, 15) is 20.6 Å². The molecule has 12 heteroatoms. The Labute approximate surface area is 129 Å². The van der Waals surface area contributed by atoms with E-state index in [1.54, 1.807) is 0 Å². The molecule has 0 radical (unpaired) electrons. The maximum absolute atomic E-state index is 10.7. The van der Waals surface area contributed by atoms with Crippen molar-refractivity contribution in [3.8, 4) is 0 Å². The van der Waals surface area contributed by atoms with Crippen LogP contribution in [-0.4, -0.2) is 62.0 Å². The van der Waals surface area contributed by atoms with Gasteiger partial charge in [0.1, 0.15) is 17.9 Å². The third kappa shape index (κ3) is 4.98. The van der Waals surface area contributed by atoms with Crippen LogP contribution in [0.5, 0.6) is 0 Å². The molecule has 0 aliphatic heterocycles. The highest BCUT2D eigenvalue weighted by molar-refractivity contribution is 5.91. The molecular weight excluding hydrogens is 316 g/mol. The van der Waals surface area contributed by atoms with Crippen LogP contribution in [0.2, 0.25) is 0 Å². The van der Waals surface area contributed by atoms with Crippen molar-refractivity contribution in [2.45, 2.75) is 12.2 Å². The monoisotopic (exact) mass is 332 g/mol. The van der Waals surface area contributed by atoms with Gasteiger partial charge < -0.3 is 36.1 Å². The Morgan fingerprint density at radius 3 is 2.35 bits per heavy atom. The number of hydrogen-bond donors (Lipinski definition) is 7. The molecular formula is C11H16N4O8-2. The molecule has 0 fully saturated rings. The molecule has 130 valence electrons. The Kier molecular flexibility index (Phi) is 7.08. The van der Waals surface area contributed by atoms with Crippen molar-refractivity contribution in [2.24, 2.45) is 5.10 Å². The highest BCUT2D eigenvalue weighted by atomic mass is 16.8. The molecule has 1 aromatic rings. The number of nitrogens with one attached hydrogen (secondary N) is 1. The fraction of sp³-hybridized carbons (Fsp3) is 0.364. The minimum atomic E-state index is -1.67. The number of rotatable bonds is 8. The van der Waals surface area contributed by atoms with E-state index in [1.807, 2.05) is 0 Å². The topological polar surface area (TPSA) is 198 Å². The summed E-state index contributed by atoms with van der Waals surface area (Å²) < 4.78 is 0. The average Bonchev–Trinajstić information content (AvgIpc) is 2.53. The number of hydrazone groups is 1. The second-order valence-electron chi connectivity index (χ2n) is 4.32. The van der Waals surface area contributed by atoms with Crippen LogP contribution in [0.4, 0.5) is 17.1 Å². The first kappa shape index (κ1) is 19.0. The number of aliphatic hydroxyl groups excluding tert-OH is 4. The number of benzene rings is 1. The fourth-order valence-corrected chi connectivity index (χ4v) is 1.54. The van der Waals surface area contributed by atoms with Crippen molar-refractivity contribution in [3.05, 3.63) is 28.6 Å². The molecule has 1 aromatic carbocycles. The van der Waals surface area contributed by atoms with Crippen LogP contribution in [0.1, 0.15) is 0 Å². The van der Waals surface area contributed by atoms with Crippen LogP contribution in [0, 0.1) is 10.4 Å². The molecule has 0 aliphatic carbocycles. The minimum Gasteiger partial charge on any atom is -0.769 e. The van der Waals surface area contributed by atoms with Gasteiger partial charge in [-0.3, -0.25) is 15.8 Å². The number of hydrogen-bond acceptors (Lipinski definition) is 12. The summed E-state index contributed by atoms with van der Waals surface area (Å²) in [5.74, 6) is 0. The van der Waals surface area contributed by atoms with Crippen molar-refractivity contribution in [1.82, 2.24) is 0 Å². The first-order valence-electron chi connectivity index (χ1n) is 6.18. The van der Waals surface area contributed by atoms with Gasteiger partial charge in [0.2, 0.25) is 0 Å². The van der Waals surface area contributed by atoms with Gasteiger partial charge in [-0.2, -0.15) is 5.10 Å². The Hall–Kier alpha value is -2.03. The quantitative estimate of drug-likeness (QED) is 0.217. The molecule has 0 amide bonds. The van der Waals surface area contributed by atoms with E-state index in [0.29, 0.717) is 0 Å². The highest BCUT2D eigenvalue weighted by Gasteiger charge is 2.21. The van der Waals surface area contributed by atoms with Gasteiger partial charge in [-0.1, -0.05) is 0 Å². The van der Waals surface area contributed by atoms with E-state index in [2.05, 4.69) is 10.5 Å². The minimum absolute atomic E-state index is 0.0998. The van der Waals surface area contributed by atoms with E-state index in [1.165, 1.54) is 0 Å². The lowest BCUT2D eigenvalue weighted by molar-refractivity contribution is 0.0163. The molecule has 12 nitrogen and oxygen atoms in total. The maximum Gasteiger partial charge on any atom is 0.124 e. The van der Waals surface area contributed by atoms with E-state index < -0.39 is 42.0 Å². The molecule has 7 N–H and O–H groups in total. The number of aliphatic hydroxyl groups is 4. The van der Waals surface area contributed by atoms with Gasteiger partial charge in [-0.25, -0.2) is 0 Å². The molecule has 0 aromatic heterocycles. The Morgan fingerprint density at radius 1 is 1.22 bits per heavy atom. The van der Waals surface area contributed by atoms with Crippen LogP contribution >= 0.6 is 0 Å². The summed E-state index contributed by atoms with van der Waals surface area (Å²) in [6, 6.07) is 3.01. The Bertz CT molecular complexity index is 539. The average molecular weight is 332 g/mol. The predicted octanol–water partition coefficient (Wildman–Crippen LogP) is -1.45. The van der Waals surface area contributed by atoms with E-state index in [0.717, 1.165) is 18.2 Å². The first-order chi connectivity index (χ1) is 10.8. The van der Waals surface area contributed by atoms with Gasteiger partial charge in [0.25, 0.3) is 0 Å². The third-order valence-electron chi connectivity index (χ3n) is 2.78. The van der Waals surface area contributed by atoms with Gasteiger partial charge >= 0.3 is 0 Å². The smallest absolute Gasteiger partial charge is 0.124 e. The van der Waals surface area contributed by atoms with Gasteiger partial charge in [0, 0.05) is 5.69 Å². The van der Waals surface area contributed by atoms with Crippen LogP contribution < -0.4 is 15.9 Å². The number of anilines is 3. The maximum atomic E-state index is 10.7. The molecule has 0 aliphatic rings. The summed E-state index contributed by atoms with van der Waals surface area (Å²) in [6.45, 7) is -1.54. The molecule has 23 heavy (non-hydrogen) atoms. The lowest BCUT2D eigenvalue weighted by Crippen LogP contribution is -2.38. The fourth-order valence-electron chi connectivity index (χ4n) is 1.54. The Morgan fingerprint density at radius 2 is 1.87 bits per heavy atom. The molecule has 0 bridgehead atoms. The zero-order chi connectivity index (χ0) is 17.6. The second-order valence-corrected chi connectivity index (χ2v) is 4.32. The highest BCUT2D eigenvalue weighted by Crippen LogP contribution is 2.29. The van der Waals surface area contributed by atoms with Gasteiger partial charge in [0.15, 0.2) is 0 Å². The molecule has 0 saturated carbocycles. The van der Waals surface area contributed by atoms with Gasteiger partial charge in [0.05, 0.1) is 24.6 Å². The van der Waals surface area contributed by atoms with E-state index in [4.69, 9.17) is 20.6 Å². The van der Waals surface area contributed by atoms with Crippen molar-refractivity contribution >= 4 is 22.8 Å². The molecule has 0 saturated heterocycles. The van der Waals surface area contributed by atoms with Crippen LogP contribution in [0.15, 0.2) is 23.3 Å². The van der Waals surface area contributed by atoms with Crippen molar-refractivity contribution < 1.29 is 30.8 Å². The van der Waals surface area contributed by atoms with Gasteiger partial charge in [-0.15, -0.1) is 5.23 Å². The standard InChI is InChI=1S/C11H16N4O8/c16-4-8(11(19)10(18)5-17)13-12-7-2-1-6(14(20)21)3-9(7)15(22)23/h1-3,10-12,16-19,22-23H,4-5H2/q-2. The van der Waals surface area contributed by atoms with Crippen molar-refractivity contribution in [2.75, 3.05) is 29.1 Å². The number of nitrogens with zero attached hydrogens (tertiary/aromatic N) is 3. The van der Waals surface area contributed by atoms with Crippen LogP contribution in [0.3, 0.4) is 0 Å². The summed E-state index contributed by atoms with van der Waals surface area (Å²) >= 11 is 0. The molecule has 2 unspecified atom stereocenters. The molecule has 0 spiro atoms. The van der Waals surface area contributed by atoms with Crippen LogP contribution in [-0.2, 0) is 0 Å². The van der Waals surface area contributed by atoms with E-state index in [-0.39, 0.29) is 16.6 Å². The van der Waals surface area contributed by atoms with Crippen LogP contribution in [0.25, 0.3) is 0 Å². The second kappa shape index (κ2) is 8.56. The normalized spacial score (nSPS) is 14.3. The zero-order valence-electron chi connectivity index (χ0n) is 11.6. The molecule has 1 rings (SSSR count). The van der Waals surface area contributed by atoms with Crippen molar-refractivity contribution in [3.63, 3.8) is 0 Å². The summed E-state index contributed by atoms with van der Waals surface area (Å²) in [4.78, 5) is 0. The largest absolute Gasteiger partial charge is 0.769 e. The lowest BCUT2D eigenvalue weighted by Gasteiger charge is -2.37. The van der Waals surface area contributed by atoms with Crippen molar-refractivity contribution in [1.29, 1.82) is 0 Å². The van der Waals surface area contributed by atoms with Gasteiger partial charge in [-0.05, 0) is 18.2 Å². The Balaban J connectivity index is 3.05. The zero-order valence-corrected chi connectivity index (χ0v) is 11.6. The predicted molar refractivity (Wildman–Crippen MR) is 78.9 cm³/mol. The SMILES string of the molecule is [O-]N([O-])c1ccc(NN=C(CO)C(O)C(O)CO)c(N(O)O)c1. The summed E-state index contributed by atoms with van der Waals surface area (Å²) in [6.07, 6.45) is -3.25. The summed E-state index contributed by atoms with van der Waals surface area (Å²) in [5, 5.41) is 78.6. The molecule has 0 heterocycles. The summed E-state index contributed by atoms with van der Waals surface area (Å²) in [5.41, 5.74) is 0.979. The van der Waals surface area contributed by atoms with E-state index >= 15 is 0 Å². The summed E-state index contributed by atoms with van der Waals surface area (Å²) in [7, 11) is 0. The first-order valence-corrected chi connectivity index (χ1v) is 6.18.